The maximum absolute atomic E-state index is 10.6. The van der Waals surface area contributed by atoms with E-state index in [0.717, 1.165) is 11.3 Å². The Kier molecular flexibility index (Phi) is 3.42. The van der Waals surface area contributed by atoms with Gasteiger partial charge in [0.2, 0.25) is 0 Å². The lowest BCUT2D eigenvalue weighted by Gasteiger charge is -2.07. The maximum atomic E-state index is 10.6. The van der Waals surface area contributed by atoms with Crippen LogP contribution in [0.25, 0.3) is 0 Å². The van der Waals surface area contributed by atoms with Crippen LogP contribution in [0.3, 0.4) is 0 Å². The van der Waals surface area contributed by atoms with E-state index in [1.165, 1.54) is 12.1 Å². The van der Waals surface area contributed by atoms with Gasteiger partial charge in [-0.15, -0.1) is 0 Å². The predicted molar refractivity (Wildman–Crippen MR) is 79.0 cm³/mol. The molecule has 3 rings (SSSR count). The summed E-state index contributed by atoms with van der Waals surface area (Å²) < 4.78 is 5.61. The van der Waals surface area contributed by atoms with E-state index < -0.39 is 4.92 Å². The Balaban J connectivity index is 1.74. The number of amidine groups is 1. The summed E-state index contributed by atoms with van der Waals surface area (Å²) in [4.78, 5) is 18.6. The Morgan fingerprint density at radius 3 is 2.48 bits per heavy atom. The topological polar surface area (TPSA) is 77.1 Å². The molecule has 0 fully saturated rings. The molecule has 1 aliphatic heterocycles. The predicted octanol–water partition coefficient (Wildman–Crippen LogP) is 3.42. The molecule has 6 heteroatoms. The standard InChI is InChI=1S/C15H11N3O3/c19-18(20)13-8-6-11(7-9-13)14-10-16-15(21-14)17-12-4-2-1-3-5-12/h1-10,14H. The van der Waals surface area contributed by atoms with E-state index in [-0.39, 0.29) is 17.8 Å². The summed E-state index contributed by atoms with van der Waals surface area (Å²) in [6.45, 7) is 0. The zero-order valence-corrected chi connectivity index (χ0v) is 10.9. The summed E-state index contributed by atoms with van der Waals surface area (Å²) in [5.74, 6) is 0. The number of nitro benzene ring substituents is 1. The summed E-state index contributed by atoms with van der Waals surface area (Å²) in [6, 6.07) is 15.8. The van der Waals surface area contributed by atoms with E-state index >= 15 is 0 Å². The van der Waals surface area contributed by atoms with Crippen LogP contribution in [-0.2, 0) is 4.74 Å². The normalized spacial score (nSPS) is 18.7. The molecule has 1 aliphatic rings. The van der Waals surface area contributed by atoms with Crippen LogP contribution >= 0.6 is 0 Å². The zero-order chi connectivity index (χ0) is 14.7. The lowest BCUT2D eigenvalue weighted by Crippen LogP contribution is -2.02. The average Bonchev–Trinajstić information content (AvgIpc) is 2.97. The Morgan fingerprint density at radius 1 is 1.10 bits per heavy atom. The third-order valence-electron chi connectivity index (χ3n) is 2.97. The van der Waals surface area contributed by atoms with Gasteiger partial charge in [0.15, 0.2) is 6.10 Å². The lowest BCUT2D eigenvalue weighted by molar-refractivity contribution is -0.384. The molecule has 0 aliphatic carbocycles. The highest BCUT2D eigenvalue weighted by Gasteiger charge is 2.20. The first-order valence-corrected chi connectivity index (χ1v) is 6.31. The van der Waals surface area contributed by atoms with Crippen LogP contribution in [-0.4, -0.2) is 17.2 Å². The fourth-order valence-corrected chi connectivity index (χ4v) is 1.91. The van der Waals surface area contributed by atoms with Crippen LogP contribution in [0.4, 0.5) is 11.4 Å². The van der Waals surface area contributed by atoms with Crippen LogP contribution < -0.4 is 0 Å². The van der Waals surface area contributed by atoms with Crippen molar-refractivity contribution in [2.75, 3.05) is 0 Å². The molecule has 1 heterocycles. The number of benzene rings is 2. The Labute approximate surface area is 120 Å². The van der Waals surface area contributed by atoms with Crippen molar-refractivity contribution in [3.05, 3.63) is 70.3 Å². The van der Waals surface area contributed by atoms with Crippen molar-refractivity contribution in [2.45, 2.75) is 6.10 Å². The molecule has 1 unspecified atom stereocenters. The van der Waals surface area contributed by atoms with Gasteiger partial charge in [-0.05, 0) is 29.8 Å². The Hall–Kier alpha value is -3.02. The summed E-state index contributed by atoms with van der Waals surface area (Å²) in [6.07, 6.45) is 1.26. The van der Waals surface area contributed by atoms with E-state index in [9.17, 15) is 10.1 Å². The number of non-ortho nitro benzene ring substituents is 1. The second-order valence-electron chi connectivity index (χ2n) is 4.40. The number of nitrogens with zero attached hydrogens (tertiary/aromatic N) is 3. The minimum Gasteiger partial charge on any atom is -0.449 e. The van der Waals surface area contributed by atoms with Crippen LogP contribution in [0.2, 0.25) is 0 Å². The first-order valence-electron chi connectivity index (χ1n) is 6.31. The van der Waals surface area contributed by atoms with Gasteiger partial charge in [0, 0.05) is 12.1 Å². The second kappa shape index (κ2) is 5.54. The van der Waals surface area contributed by atoms with Crippen LogP contribution in [0.15, 0.2) is 64.6 Å². The fraction of sp³-hybridized carbons (Fsp3) is 0.0667. The van der Waals surface area contributed by atoms with Crippen LogP contribution in [0.1, 0.15) is 11.7 Å². The van der Waals surface area contributed by atoms with Gasteiger partial charge >= 0.3 is 6.02 Å². The van der Waals surface area contributed by atoms with Gasteiger partial charge in [0.25, 0.3) is 5.69 Å². The van der Waals surface area contributed by atoms with Crippen LogP contribution in [0, 0.1) is 10.1 Å². The number of hydrogen-bond acceptors (Lipinski definition) is 4. The minimum absolute atomic E-state index is 0.0480. The van der Waals surface area contributed by atoms with Crippen molar-refractivity contribution in [1.82, 2.24) is 0 Å². The molecule has 1 atom stereocenters. The van der Waals surface area contributed by atoms with Crippen molar-refractivity contribution >= 4 is 23.6 Å². The molecule has 21 heavy (non-hydrogen) atoms. The number of ether oxygens (including phenoxy) is 1. The van der Waals surface area contributed by atoms with Gasteiger partial charge in [0.1, 0.15) is 0 Å². The van der Waals surface area contributed by atoms with Crippen molar-refractivity contribution in [3.8, 4) is 0 Å². The molecular formula is C15H11N3O3. The van der Waals surface area contributed by atoms with E-state index in [2.05, 4.69) is 9.98 Å². The highest BCUT2D eigenvalue weighted by atomic mass is 16.6. The number of aliphatic imine (C=N–C) groups is 2. The first-order chi connectivity index (χ1) is 10.2. The average molecular weight is 281 g/mol. The summed E-state index contributed by atoms with van der Waals surface area (Å²) >= 11 is 0. The molecule has 0 aromatic heterocycles. The number of hydrogen-bond donors (Lipinski definition) is 0. The van der Waals surface area contributed by atoms with Gasteiger partial charge < -0.3 is 4.74 Å². The second-order valence-corrected chi connectivity index (χ2v) is 4.40. The number of para-hydroxylation sites is 1. The molecule has 0 amide bonds. The molecule has 2 aromatic carbocycles. The van der Waals surface area contributed by atoms with Gasteiger partial charge in [-0.1, -0.05) is 18.2 Å². The molecule has 2 aromatic rings. The SMILES string of the molecule is O=[N+]([O-])c1ccc(C2C=NC(=Nc3ccccc3)O2)cc1. The van der Waals surface area contributed by atoms with Gasteiger partial charge in [-0.2, -0.15) is 4.99 Å². The smallest absolute Gasteiger partial charge is 0.317 e. The summed E-state index contributed by atoms with van der Waals surface area (Å²) in [5, 5.41) is 10.6. The molecule has 0 saturated carbocycles. The van der Waals surface area contributed by atoms with E-state index in [1.807, 2.05) is 30.3 Å². The van der Waals surface area contributed by atoms with Crippen molar-refractivity contribution in [3.63, 3.8) is 0 Å². The molecule has 0 N–H and O–H groups in total. The molecule has 0 bridgehead atoms. The lowest BCUT2D eigenvalue weighted by atomic mass is 10.1. The summed E-state index contributed by atoms with van der Waals surface area (Å²) in [7, 11) is 0. The highest BCUT2D eigenvalue weighted by molar-refractivity contribution is 5.92. The van der Waals surface area contributed by atoms with Crippen molar-refractivity contribution < 1.29 is 9.66 Å². The maximum Gasteiger partial charge on any atom is 0.317 e. The van der Waals surface area contributed by atoms with Crippen molar-refractivity contribution in [1.29, 1.82) is 0 Å². The van der Waals surface area contributed by atoms with Gasteiger partial charge in [0.05, 0.1) is 16.8 Å². The van der Waals surface area contributed by atoms with E-state index in [4.69, 9.17) is 4.74 Å². The molecule has 0 spiro atoms. The Bertz CT molecular complexity index is 709. The van der Waals surface area contributed by atoms with E-state index in [0.29, 0.717) is 0 Å². The molecule has 6 nitrogen and oxygen atoms in total. The quantitative estimate of drug-likeness (QED) is 0.638. The third-order valence-corrected chi connectivity index (χ3v) is 2.97. The largest absolute Gasteiger partial charge is 0.449 e. The number of nitro groups is 1. The highest BCUT2D eigenvalue weighted by Crippen LogP contribution is 2.24. The first kappa shape index (κ1) is 13.0. The molecule has 0 saturated heterocycles. The van der Waals surface area contributed by atoms with Gasteiger partial charge in [-0.3, -0.25) is 10.1 Å². The summed E-state index contributed by atoms with van der Waals surface area (Å²) in [5.41, 5.74) is 1.60. The Morgan fingerprint density at radius 2 is 1.81 bits per heavy atom. The molecular weight excluding hydrogens is 270 g/mol. The van der Waals surface area contributed by atoms with Crippen molar-refractivity contribution in [2.24, 2.45) is 9.98 Å². The van der Waals surface area contributed by atoms with Crippen LogP contribution in [0.5, 0.6) is 0 Å². The third kappa shape index (κ3) is 2.94. The monoisotopic (exact) mass is 281 g/mol. The van der Waals surface area contributed by atoms with E-state index in [1.54, 1.807) is 18.3 Å². The van der Waals surface area contributed by atoms with Gasteiger partial charge in [-0.25, -0.2) is 4.99 Å². The minimum atomic E-state index is -0.435. The fourth-order valence-electron chi connectivity index (χ4n) is 1.91. The zero-order valence-electron chi connectivity index (χ0n) is 10.9. The number of rotatable bonds is 3. The molecule has 0 radical (unpaired) electrons. The molecule has 104 valence electrons.